The lowest BCUT2D eigenvalue weighted by atomic mass is 10.1. The van der Waals surface area contributed by atoms with Crippen molar-refractivity contribution in [1.82, 2.24) is 4.90 Å². The maximum atomic E-state index is 13.1. The van der Waals surface area contributed by atoms with Crippen molar-refractivity contribution in [2.45, 2.75) is 10.6 Å². The predicted molar refractivity (Wildman–Crippen MR) is 117 cm³/mol. The number of amides is 1. The molecule has 0 saturated carbocycles. The summed E-state index contributed by atoms with van der Waals surface area (Å²) in [4.78, 5) is 15.0. The van der Waals surface area contributed by atoms with Gasteiger partial charge < -0.3 is 4.90 Å². The van der Waals surface area contributed by atoms with Crippen LogP contribution in [0.15, 0.2) is 72.8 Å². The van der Waals surface area contributed by atoms with Gasteiger partial charge >= 0.3 is 0 Å². The standard InChI is InChI=1S/C22H16INOS/c23-13-6-14-24-21(25)20(17-8-2-1-3-9-17)26-22(24)19-12-11-16-7-4-5-10-18(16)15-19/h1-5,7-12,15,20,22H,14H2. The smallest absolute Gasteiger partial charge is 0.242 e. The highest BCUT2D eigenvalue weighted by Crippen LogP contribution is 2.50. The highest BCUT2D eigenvalue weighted by Gasteiger charge is 2.41. The minimum absolute atomic E-state index is 0.0189. The molecular formula is C22H16INOS. The molecule has 26 heavy (non-hydrogen) atoms. The second-order valence-electron chi connectivity index (χ2n) is 6.12. The van der Waals surface area contributed by atoms with E-state index in [1.165, 1.54) is 10.8 Å². The molecule has 4 rings (SSSR count). The second kappa shape index (κ2) is 7.73. The van der Waals surface area contributed by atoms with Gasteiger partial charge in [0.1, 0.15) is 10.6 Å². The molecule has 4 heteroatoms. The van der Waals surface area contributed by atoms with Crippen LogP contribution in [0.5, 0.6) is 0 Å². The fourth-order valence-electron chi connectivity index (χ4n) is 3.27. The van der Waals surface area contributed by atoms with Crippen LogP contribution in [0.4, 0.5) is 0 Å². The summed E-state index contributed by atoms with van der Waals surface area (Å²) in [6, 6.07) is 24.8. The van der Waals surface area contributed by atoms with Gasteiger partial charge in [0.25, 0.3) is 0 Å². The molecule has 128 valence electrons. The lowest BCUT2D eigenvalue weighted by molar-refractivity contribution is -0.129. The molecule has 0 aliphatic carbocycles. The van der Waals surface area contributed by atoms with Crippen molar-refractivity contribution in [3.8, 4) is 9.85 Å². The van der Waals surface area contributed by atoms with Crippen molar-refractivity contribution < 1.29 is 4.79 Å². The van der Waals surface area contributed by atoms with Crippen LogP contribution < -0.4 is 0 Å². The van der Waals surface area contributed by atoms with Crippen molar-refractivity contribution in [3.05, 3.63) is 83.9 Å². The quantitative estimate of drug-likeness (QED) is 0.370. The Kier molecular flexibility index (Phi) is 5.18. The molecule has 0 radical (unpaired) electrons. The van der Waals surface area contributed by atoms with E-state index in [4.69, 9.17) is 0 Å². The number of hydrogen-bond acceptors (Lipinski definition) is 2. The van der Waals surface area contributed by atoms with Gasteiger partial charge in [-0.2, -0.15) is 0 Å². The summed E-state index contributed by atoms with van der Waals surface area (Å²) < 4.78 is 2.89. The third-order valence-corrected chi connectivity index (χ3v) is 6.44. The Morgan fingerprint density at radius 1 is 0.923 bits per heavy atom. The first-order chi connectivity index (χ1) is 12.8. The number of thioether (sulfide) groups is 1. The fraction of sp³-hybridized carbons (Fsp3) is 0.136. The Morgan fingerprint density at radius 2 is 1.65 bits per heavy atom. The molecule has 1 amide bonds. The normalized spacial score (nSPS) is 19.4. The van der Waals surface area contributed by atoms with E-state index in [-0.39, 0.29) is 16.5 Å². The predicted octanol–water partition coefficient (Wildman–Crippen LogP) is 5.55. The average Bonchev–Trinajstić information content (AvgIpc) is 3.03. The topological polar surface area (TPSA) is 20.3 Å². The first kappa shape index (κ1) is 17.4. The van der Waals surface area contributed by atoms with Gasteiger partial charge in [0.15, 0.2) is 0 Å². The summed E-state index contributed by atoms with van der Waals surface area (Å²) in [5.41, 5.74) is 2.20. The molecule has 1 fully saturated rings. The molecule has 0 N–H and O–H groups in total. The minimum Gasteiger partial charge on any atom is -0.314 e. The summed E-state index contributed by atoms with van der Waals surface area (Å²) in [6.07, 6.45) is 0. The number of carbonyl (C=O) groups excluding carboxylic acids is 1. The van der Waals surface area contributed by atoms with E-state index in [1.54, 1.807) is 11.8 Å². The lowest BCUT2D eigenvalue weighted by Gasteiger charge is -2.22. The third-order valence-electron chi connectivity index (χ3n) is 4.53. The van der Waals surface area contributed by atoms with Crippen molar-refractivity contribution in [3.63, 3.8) is 0 Å². The van der Waals surface area contributed by atoms with Crippen LogP contribution in [-0.4, -0.2) is 17.4 Å². The molecule has 1 saturated heterocycles. The fourth-order valence-corrected chi connectivity index (χ4v) is 4.90. The van der Waals surface area contributed by atoms with Gasteiger partial charge in [-0.15, -0.1) is 11.8 Å². The van der Waals surface area contributed by atoms with E-state index in [0.29, 0.717) is 6.54 Å². The maximum absolute atomic E-state index is 13.1. The molecule has 3 aromatic rings. The number of carbonyl (C=O) groups is 1. The molecule has 3 aromatic carbocycles. The zero-order valence-electron chi connectivity index (χ0n) is 13.9. The van der Waals surface area contributed by atoms with Crippen LogP contribution in [-0.2, 0) is 4.79 Å². The molecule has 1 aliphatic rings. The molecule has 2 nitrogen and oxygen atoms in total. The highest BCUT2D eigenvalue weighted by atomic mass is 127. The van der Waals surface area contributed by atoms with E-state index in [0.717, 1.165) is 11.1 Å². The summed E-state index contributed by atoms with van der Waals surface area (Å²) >= 11 is 3.72. The van der Waals surface area contributed by atoms with Gasteiger partial charge in [-0.05, 0) is 31.9 Å². The first-order valence-corrected chi connectivity index (χ1v) is 10.4. The van der Waals surface area contributed by atoms with Gasteiger partial charge in [-0.3, -0.25) is 4.79 Å². The van der Waals surface area contributed by atoms with E-state index in [9.17, 15) is 4.79 Å². The van der Waals surface area contributed by atoms with Gasteiger partial charge in [-0.1, -0.05) is 72.7 Å². The Bertz CT molecular complexity index is 1010. The van der Waals surface area contributed by atoms with Gasteiger partial charge in [0.2, 0.25) is 5.91 Å². The number of fused-ring (bicyclic) bond motifs is 1. The van der Waals surface area contributed by atoms with Crippen LogP contribution in [0.1, 0.15) is 21.8 Å². The van der Waals surface area contributed by atoms with Gasteiger partial charge in [-0.25, -0.2) is 0 Å². The molecule has 0 aromatic heterocycles. The Morgan fingerprint density at radius 3 is 2.42 bits per heavy atom. The molecule has 0 bridgehead atoms. The van der Waals surface area contributed by atoms with Crippen LogP contribution in [0.3, 0.4) is 0 Å². The zero-order chi connectivity index (χ0) is 17.9. The molecule has 1 heterocycles. The van der Waals surface area contributed by atoms with E-state index in [1.807, 2.05) is 70.0 Å². The number of rotatable bonds is 3. The second-order valence-corrected chi connectivity index (χ2v) is 7.85. The molecular weight excluding hydrogens is 453 g/mol. The summed E-state index contributed by atoms with van der Waals surface area (Å²) in [7, 11) is 0. The van der Waals surface area contributed by atoms with E-state index in [2.05, 4.69) is 40.2 Å². The average molecular weight is 469 g/mol. The van der Waals surface area contributed by atoms with E-state index >= 15 is 0 Å². The lowest BCUT2D eigenvalue weighted by Crippen LogP contribution is -2.29. The van der Waals surface area contributed by atoms with E-state index < -0.39 is 0 Å². The first-order valence-electron chi connectivity index (χ1n) is 8.36. The van der Waals surface area contributed by atoms with Gasteiger partial charge in [0, 0.05) is 22.6 Å². The number of halogens is 1. The van der Waals surface area contributed by atoms with Crippen LogP contribution in [0, 0.1) is 9.85 Å². The monoisotopic (exact) mass is 469 g/mol. The highest BCUT2D eigenvalue weighted by molar-refractivity contribution is 14.1. The number of benzene rings is 3. The Balaban J connectivity index is 1.73. The Hall–Kier alpha value is -1.97. The summed E-state index contributed by atoms with van der Waals surface area (Å²) in [5.74, 6) is 3.20. The van der Waals surface area contributed by atoms with Crippen molar-refractivity contribution in [2.75, 3.05) is 6.54 Å². The zero-order valence-corrected chi connectivity index (χ0v) is 16.9. The number of hydrogen-bond donors (Lipinski definition) is 0. The summed E-state index contributed by atoms with van der Waals surface area (Å²) in [5, 5.41) is 2.21. The largest absolute Gasteiger partial charge is 0.314 e. The van der Waals surface area contributed by atoms with Crippen LogP contribution in [0.2, 0.25) is 0 Å². The third kappa shape index (κ3) is 3.34. The molecule has 2 unspecified atom stereocenters. The molecule has 1 aliphatic heterocycles. The Labute approximate surface area is 171 Å². The minimum atomic E-state index is -0.177. The van der Waals surface area contributed by atoms with Crippen LogP contribution >= 0.6 is 34.4 Å². The van der Waals surface area contributed by atoms with Crippen molar-refractivity contribution in [1.29, 1.82) is 0 Å². The SMILES string of the molecule is O=C1C(c2ccccc2)SC(c2ccc3ccccc3c2)N1CC#CI. The van der Waals surface area contributed by atoms with Crippen molar-refractivity contribution in [2.24, 2.45) is 0 Å². The van der Waals surface area contributed by atoms with Crippen molar-refractivity contribution >= 4 is 51.0 Å². The van der Waals surface area contributed by atoms with Gasteiger partial charge in [0.05, 0.1) is 6.54 Å². The maximum Gasteiger partial charge on any atom is 0.242 e. The molecule has 0 spiro atoms. The summed E-state index contributed by atoms with van der Waals surface area (Å²) in [6.45, 7) is 0.454. The molecule has 2 atom stereocenters. The van der Waals surface area contributed by atoms with Crippen LogP contribution in [0.25, 0.3) is 10.8 Å². The number of nitrogens with zero attached hydrogens (tertiary/aromatic N) is 1.